The van der Waals surface area contributed by atoms with E-state index in [0.717, 1.165) is 41.9 Å². The van der Waals surface area contributed by atoms with Crippen LogP contribution >= 0.6 is 0 Å². The van der Waals surface area contributed by atoms with Gasteiger partial charge in [-0.05, 0) is 30.4 Å². The van der Waals surface area contributed by atoms with Crippen LogP contribution in [0.15, 0.2) is 18.0 Å². The number of piperidine rings is 1. The van der Waals surface area contributed by atoms with Gasteiger partial charge < -0.3 is 9.88 Å². The molecule has 1 saturated carbocycles. The molecule has 4 heteroatoms. The van der Waals surface area contributed by atoms with E-state index in [4.69, 9.17) is 0 Å². The van der Waals surface area contributed by atoms with Crippen molar-refractivity contribution < 1.29 is 9.59 Å². The molecule has 2 heterocycles. The molecule has 86 valence electrons. The largest absolute Gasteiger partial charge is 0.358 e. The summed E-state index contributed by atoms with van der Waals surface area (Å²) < 4.78 is 0. The number of aryl methyl sites for hydroxylation is 1. The Kier molecular flexibility index (Phi) is 1.37. The molecule has 4 nitrogen and oxygen atoms in total. The Balaban J connectivity index is 2.00. The van der Waals surface area contributed by atoms with Gasteiger partial charge in [-0.15, -0.1) is 0 Å². The van der Waals surface area contributed by atoms with Crippen LogP contribution in [0.2, 0.25) is 0 Å². The number of fused-ring (bicyclic) bond motifs is 1. The topological polar surface area (TPSA) is 53.2 Å². The number of nitrogens with one attached hydrogen (secondary N) is 1. The molecular weight excluding hydrogens is 216 g/mol. The molecule has 2 aliphatic carbocycles. The van der Waals surface area contributed by atoms with Crippen molar-refractivity contribution in [3.8, 4) is 0 Å². The minimum Gasteiger partial charge on any atom is -0.358 e. The third-order valence-corrected chi connectivity index (χ3v) is 4.45. The number of hydrogen-bond donors (Lipinski definition) is 1. The number of ketones is 1. The van der Waals surface area contributed by atoms with E-state index in [2.05, 4.69) is 4.98 Å². The highest BCUT2D eigenvalue weighted by molar-refractivity contribution is 6.08. The highest BCUT2D eigenvalue weighted by Crippen LogP contribution is 2.66. The lowest BCUT2D eigenvalue weighted by atomic mass is 9.83. The maximum Gasteiger partial charge on any atom is 0.213 e. The summed E-state index contributed by atoms with van der Waals surface area (Å²) in [6.07, 6.45) is 5.45. The quantitative estimate of drug-likeness (QED) is 0.733. The van der Waals surface area contributed by atoms with Gasteiger partial charge >= 0.3 is 0 Å². The molecule has 1 saturated heterocycles. The monoisotopic (exact) mass is 228 g/mol. The fourth-order valence-corrected chi connectivity index (χ4v) is 3.69. The average Bonchev–Trinajstić information content (AvgIpc) is 2.71. The minimum atomic E-state index is -0.0335. The first kappa shape index (κ1) is 9.22. The smallest absolute Gasteiger partial charge is 0.213 e. The second kappa shape index (κ2) is 2.53. The first-order valence-electron chi connectivity index (χ1n) is 5.85. The van der Waals surface area contributed by atoms with Crippen LogP contribution in [0, 0.1) is 12.8 Å². The Hall–Kier alpha value is -1.84. The molecule has 0 aromatic carbocycles. The van der Waals surface area contributed by atoms with E-state index in [-0.39, 0.29) is 11.2 Å². The van der Waals surface area contributed by atoms with Crippen LogP contribution in [0.5, 0.6) is 0 Å². The van der Waals surface area contributed by atoms with Gasteiger partial charge in [0.05, 0.1) is 5.69 Å². The minimum absolute atomic E-state index is 0.00637. The van der Waals surface area contributed by atoms with E-state index in [1.807, 2.05) is 13.1 Å². The fourth-order valence-electron chi connectivity index (χ4n) is 3.69. The lowest BCUT2D eigenvalue weighted by molar-refractivity contribution is -0.116. The second-order valence-electron chi connectivity index (χ2n) is 5.25. The number of carbonyl (C=O) groups is 2. The van der Waals surface area contributed by atoms with E-state index in [1.54, 1.807) is 11.0 Å². The van der Waals surface area contributed by atoms with Gasteiger partial charge in [0.25, 0.3) is 0 Å². The Morgan fingerprint density at radius 3 is 3.18 bits per heavy atom. The summed E-state index contributed by atoms with van der Waals surface area (Å²) in [5.74, 6) is 0.494. The average molecular weight is 228 g/mol. The first-order chi connectivity index (χ1) is 8.18. The molecule has 2 unspecified atom stereocenters. The van der Waals surface area contributed by atoms with Crippen molar-refractivity contribution in [2.45, 2.75) is 18.8 Å². The molecule has 0 radical (unpaired) electrons. The lowest BCUT2D eigenvalue weighted by Crippen LogP contribution is -2.28. The Morgan fingerprint density at radius 2 is 2.41 bits per heavy atom. The molecular formula is C13H12N2O2. The fraction of sp³-hybridized carbons (Fsp3) is 0.385. The molecule has 1 N–H and O–H groups in total. The van der Waals surface area contributed by atoms with Crippen LogP contribution < -0.4 is 0 Å². The van der Waals surface area contributed by atoms with Gasteiger partial charge in [-0.2, -0.15) is 0 Å². The third kappa shape index (κ3) is 0.832. The number of aromatic nitrogens is 1. The molecule has 4 rings (SSSR count). The van der Waals surface area contributed by atoms with Gasteiger partial charge in [-0.1, -0.05) is 0 Å². The molecule has 1 amide bonds. The number of aromatic amines is 1. The number of nitrogens with zero attached hydrogens (tertiary/aromatic N) is 1. The van der Waals surface area contributed by atoms with E-state index in [0.29, 0.717) is 5.92 Å². The van der Waals surface area contributed by atoms with Crippen LogP contribution in [-0.4, -0.2) is 28.6 Å². The highest BCUT2D eigenvalue weighted by Gasteiger charge is 2.67. The van der Waals surface area contributed by atoms with Crippen LogP contribution in [-0.2, 0) is 10.2 Å². The van der Waals surface area contributed by atoms with Crippen LogP contribution in [0.1, 0.15) is 28.0 Å². The first-order valence-corrected chi connectivity index (χ1v) is 5.85. The van der Waals surface area contributed by atoms with Crippen LogP contribution in [0.25, 0.3) is 0 Å². The number of H-pyrrole nitrogens is 1. The number of hydrogen-bond acceptors (Lipinski definition) is 2. The van der Waals surface area contributed by atoms with Gasteiger partial charge in [0.1, 0.15) is 0 Å². The van der Waals surface area contributed by atoms with Gasteiger partial charge in [0.15, 0.2) is 0 Å². The van der Waals surface area contributed by atoms with E-state index in [9.17, 15) is 9.59 Å². The van der Waals surface area contributed by atoms with Gasteiger partial charge in [-0.25, -0.2) is 0 Å². The maximum absolute atomic E-state index is 12.0. The third-order valence-electron chi connectivity index (χ3n) is 4.45. The normalized spacial score (nSPS) is 32.8. The Labute approximate surface area is 98.3 Å². The number of carbonyl (C=O) groups excluding carboxylic acids is 2. The van der Waals surface area contributed by atoms with Crippen molar-refractivity contribution in [1.82, 2.24) is 9.88 Å². The summed E-state index contributed by atoms with van der Waals surface area (Å²) in [4.78, 5) is 27.8. The Bertz CT molecular complexity index is 599. The van der Waals surface area contributed by atoms with Crippen LogP contribution in [0.4, 0.5) is 0 Å². The number of amides is 1. The predicted octanol–water partition coefficient (Wildman–Crippen LogP) is 1.13. The molecule has 0 bridgehead atoms. The Morgan fingerprint density at radius 1 is 1.59 bits per heavy atom. The van der Waals surface area contributed by atoms with E-state index in [1.165, 1.54) is 0 Å². The molecule has 1 spiro atoms. The summed E-state index contributed by atoms with van der Waals surface area (Å²) in [5, 5.41) is 0. The van der Waals surface area contributed by atoms with Crippen molar-refractivity contribution in [3.63, 3.8) is 0 Å². The molecule has 3 aliphatic rings. The summed E-state index contributed by atoms with van der Waals surface area (Å²) in [7, 11) is 0. The zero-order chi connectivity index (χ0) is 11.8. The highest BCUT2D eigenvalue weighted by atomic mass is 16.1. The van der Waals surface area contributed by atoms with Crippen molar-refractivity contribution in [1.29, 1.82) is 0 Å². The van der Waals surface area contributed by atoms with Crippen molar-refractivity contribution in [3.05, 3.63) is 34.8 Å². The van der Waals surface area contributed by atoms with E-state index >= 15 is 0 Å². The summed E-state index contributed by atoms with van der Waals surface area (Å²) in [6.45, 7) is 2.78. The second-order valence-corrected chi connectivity index (χ2v) is 5.25. The number of rotatable bonds is 1. The molecule has 1 aromatic rings. The number of likely N-dealkylation sites (tertiary alicyclic amines) is 1. The van der Waals surface area contributed by atoms with Gasteiger partial charge in [0, 0.05) is 29.9 Å². The van der Waals surface area contributed by atoms with Crippen molar-refractivity contribution in [2.75, 3.05) is 6.54 Å². The summed E-state index contributed by atoms with van der Waals surface area (Å²) >= 11 is 0. The van der Waals surface area contributed by atoms with Gasteiger partial charge in [0.2, 0.25) is 12.2 Å². The molecule has 17 heavy (non-hydrogen) atoms. The molecule has 2 fully saturated rings. The SMILES string of the molecule is Cc1c[nH]c2c1C13CC1CN(C=O)C3=CC2=O. The maximum atomic E-state index is 12.0. The van der Waals surface area contributed by atoms with Crippen molar-refractivity contribution in [2.24, 2.45) is 5.92 Å². The number of allylic oxidation sites excluding steroid dienone is 2. The summed E-state index contributed by atoms with van der Waals surface area (Å²) in [5.41, 5.74) is 3.87. The standard InChI is InChI=1S/C13H12N2O2/c1-7-4-14-12-9(17)2-10-13(11(7)12)3-8(13)5-15(10)6-16/h2,4,6,8,14H,3,5H2,1H3. The predicted molar refractivity (Wildman–Crippen MR) is 60.5 cm³/mol. The van der Waals surface area contributed by atoms with Crippen molar-refractivity contribution >= 4 is 12.2 Å². The lowest BCUT2D eigenvalue weighted by Gasteiger charge is -2.25. The molecule has 2 atom stereocenters. The summed E-state index contributed by atoms with van der Waals surface area (Å²) in [6, 6.07) is 0. The zero-order valence-corrected chi connectivity index (χ0v) is 9.49. The molecule has 1 aromatic heterocycles. The molecule has 1 aliphatic heterocycles. The zero-order valence-electron chi connectivity index (χ0n) is 9.49. The van der Waals surface area contributed by atoms with E-state index < -0.39 is 0 Å². The van der Waals surface area contributed by atoms with Crippen LogP contribution in [0.3, 0.4) is 0 Å². The van der Waals surface area contributed by atoms with Gasteiger partial charge in [-0.3, -0.25) is 9.59 Å².